The highest BCUT2D eigenvalue weighted by Gasteiger charge is 2.28. The van der Waals surface area contributed by atoms with Crippen molar-refractivity contribution < 1.29 is 27.2 Å². The van der Waals surface area contributed by atoms with E-state index in [4.69, 9.17) is 0 Å². The number of rotatable bonds is 10. The van der Waals surface area contributed by atoms with Crippen LogP contribution in [-0.2, 0) is 22.7 Å². The smallest absolute Gasteiger partial charge is 0.345 e. The van der Waals surface area contributed by atoms with E-state index in [0.717, 1.165) is 16.7 Å². The summed E-state index contributed by atoms with van der Waals surface area (Å²) in [5, 5.41) is 2.49. The summed E-state index contributed by atoms with van der Waals surface area (Å²) in [4.78, 5) is 46.3. The molecule has 1 aromatic carbocycles. The van der Waals surface area contributed by atoms with Crippen molar-refractivity contribution in [3.63, 3.8) is 0 Å². The van der Waals surface area contributed by atoms with Crippen LogP contribution in [0.4, 0.5) is 23.2 Å². The molecule has 0 radical (unpaired) electrons. The molecule has 2 heterocycles. The van der Waals surface area contributed by atoms with Crippen LogP contribution < -0.4 is 10.9 Å². The number of carbonyl (C=O) groups is 2. The third kappa shape index (κ3) is 7.72. The third-order valence-electron chi connectivity index (χ3n) is 5.37. The van der Waals surface area contributed by atoms with Crippen LogP contribution in [0.25, 0.3) is 11.0 Å². The van der Waals surface area contributed by atoms with E-state index in [1.807, 2.05) is 0 Å². The minimum Gasteiger partial charge on any atom is -0.345 e. The maximum Gasteiger partial charge on any atom is 0.390 e. The van der Waals surface area contributed by atoms with Crippen molar-refractivity contribution in [2.75, 3.05) is 19.4 Å². The second-order valence-electron chi connectivity index (χ2n) is 8.49. The maximum atomic E-state index is 13.7. The van der Waals surface area contributed by atoms with Gasteiger partial charge in [0.25, 0.3) is 5.56 Å². The lowest BCUT2D eigenvalue weighted by atomic mass is 10.2. The lowest BCUT2D eigenvalue weighted by molar-refractivity contribution is -0.136. The summed E-state index contributed by atoms with van der Waals surface area (Å²) in [5.74, 6) is -1.09. The fourth-order valence-electron chi connectivity index (χ4n) is 3.49. The number of aryl methyl sites for hydroxylation is 1. The van der Waals surface area contributed by atoms with E-state index < -0.39 is 36.4 Å². The van der Waals surface area contributed by atoms with E-state index in [2.05, 4.69) is 15.3 Å². The summed E-state index contributed by atoms with van der Waals surface area (Å²) in [6.45, 7) is -0.706. The minimum absolute atomic E-state index is 0.0909. The number of nitrogens with one attached hydrogen (secondary N) is 1. The van der Waals surface area contributed by atoms with Gasteiger partial charge in [0.2, 0.25) is 11.8 Å². The van der Waals surface area contributed by atoms with Gasteiger partial charge in [0.15, 0.2) is 0 Å². The standard InChI is InChI=1S/C24H26F4N6O3/c1-32(2)22(36)7-5-3-4-6-21(35)31-18-13-29-15-33(23(18)37)14-20-30-17-12-16(25)8-9-19(17)34(20)11-10-24(26,27)28/h5,7-9,12-13,15H,3-4,6,10-11,14H2,1-2H3,(H,31,35)/b7-5+. The fourth-order valence-corrected chi connectivity index (χ4v) is 3.49. The van der Waals surface area contributed by atoms with Gasteiger partial charge in [-0.05, 0) is 31.1 Å². The summed E-state index contributed by atoms with van der Waals surface area (Å²) in [7, 11) is 3.25. The molecule has 0 aliphatic heterocycles. The number of fused-ring (bicyclic) bond motifs is 1. The zero-order chi connectivity index (χ0) is 27.2. The number of hydrogen-bond acceptors (Lipinski definition) is 5. The molecule has 2 amide bonds. The topological polar surface area (TPSA) is 102 Å². The molecule has 0 atom stereocenters. The molecule has 0 spiro atoms. The molecule has 3 aromatic rings. The highest BCUT2D eigenvalue weighted by atomic mass is 19.4. The fraction of sp³-hybridized carbons (Fsp3) is 0.375. The number of nitrogens with zero attached hydrogens (tertiary/aromatic N) is 5. The van der Waals surface area contributed by atoms with Gasteiger partial charge in [0.05, 0.1) is 36.5 Å². The largest absolute Gasteiger partial charge is 0.390 e. The van der Waals surface area contributed by atoms with E-state index in [0.29, 0.717) is 18.4 Å². The molecule has 0 fully saturated rings. The number of aromatic nitrogens is 4. The first-order chi connectivity index (χ1) is 17.4. The number of amides is 2. The number of alkyl halides is 3. The number of hydrogen-bond donors (Lipinski definition) is 1. The number of likely N-dealkylation sites (N-methyl/N-ethyl adjacent to an activating group) is 1. The number of benzene rings is 1. The summed E-state index contributed by atoms with van der Waals surface area (Å²) in [6, 6.07) is 3.56. The second-order valence-corrected chi connectivity index (χ2v) is 8.49. The van der Waals surface area contributed by atoms with Gasteiger partial charge in [-0.1, -0.05) is 6.08 Å². The molecule has 13 heteroatoms. The van der Waals surface area contributed by atoms with Crippen molar-refractivity contribution in [3.8, 4) is 0 Å². The van der Waals surface area contributed by atoms with Crippen LogP contribution in [0.1, 0.15) is 31.5 Å². The first-order valence-corrected chi connectivity index (χ1v) is 11.4. The predicted octanol–water partition coefficient (Wildman–Crippen LogP) is 3.49. The first-order valence-electron chi connectivity index (χ1n) is 11.4. The molecule has 9 nitrogen and oxygen atoms in total. The van der Waals surface area contributed by atoms with Gasteiger partial charge in [-0.25, -0.2) is 14.4 Å². The molecular weight excluding hydrogens is 496 g/mol. The Balaban J connectivity index is 1.73. The first kappa shape index (κ1) is 27.6. The zero-order valence-corrected chi connectivity index (χ0v) is 20.3. The average Bonchev–Trinajstić information content (AvgIpc) is 3.15. The molecule has 1 N–H and O–H groups in total. The van der Waals surface area contributed by atoms with Crippen LogP contribution in [0.15, 0.2) is 47.7 Å². The molecule has 0 bridgehead atoms. The van der Waals surface area contributed by atoms with Crippen molar-refractivity contribution in [2.45, 2.75) is 44.9 Å². The van der Waals surface area contributed by atoms with Crippen molar-refractivity contribution in [3.05, 3.63) is 64.9 Å². The number of anilines is 1. The van der Waals surface area contributed by atoms with Crippen molar-refractivity contribution in [2.24, 2.45) is 0 Å². The molecule has 3 rings (SSSR count). The molecule has 198 valence electrons. The van der Waals surface area contributed by atoms with E-state index >= 15 is 0 Å². The van der Waals surface area contributed by atoms with Crippen LogP contribution in [0.3, 0.4) is 0 Å². The van der Waals surface area contributed by atoms with Crippen LogP contribution >= 0.6 is 0 Å². The maximum absolute atomic E-state index is 13.7. The van der Waals surface area contributed by atoms with E-state index in [-0.39, 0.29) is 35.9 Å². The quantitative estimate of drug-likeness (QED) is 0.250. The van der Waals surface area contributed by atoms with Gasteiger partial charge >= 0.3 is 6.18 Å². The Morgan fingerprint density at radius 3 is 2.68 bits per heavy atom. The van der Waals surface area contributed by atoms with Gasteiger partial charge in [-0.3, -0.25) is 19.0 Å². The normalized spacial score (nSPS) is 11.8. The van der Waals surface area contributed by atoms with Crippen LogP contribution in [0.5, 0.6) is 0 Å². The predicted molar refractivity (Wildman–Crippen MR) is 128 cm³/mol. The van der Waals surface area contributed by atoms with Crippen LogP contribution in [-0.4, -0.2) is 56.1 Å². The lowest BCUT2D eigenvalue weighted by Gasteiger charge is -2.13. The van der Waals surface area contributed by atoms with Crippen LogP contribution in [0.2, 0.25) is 0 Å². The molecular formula is C24H26F4N6O3. The molecule has 37 heavy (non-hydrogen) atoms. The Kier molecular flexibility index (Phi) is 8.79. The summed E-state index contributed by atoms with van der Waals surface area (Å²) >= 11 is 0. The monoisotopic (exact) mass is 522 g/mol. The van der Waals surface area contributed by atoms with E-state index in [1.54, 1.807) is 20.2 Å². The lowest BCUT2D eigenvalue weighted by Crippen LogP contribution is -2.27. The van der Waals surface area contributed by atoms with Gasteiger partial charge in [-0.2, -0.15) is 13.2 Å². The molecule has 0 aliphatic carbocycles. The van der Waals surface area contributed by atoms with Crippen molar-refractivity contribution >= 4 is 28.5 Å². The molecule has 0 unspecified atom stereocenters. The summed E-state index contributed by atoms with van der Waals surface area (Å²) in [6.07, 6.45) is 0.882. The van der Waals surface area contributed by atoms with Gasteiger partial charge < -0.3 is 14.8 Å². The van der Waals surface area contributed by atoms with Crippen molar-refractivity contribution in [1.82, 2.24) is 24.0 Å². The Morgan fingerprint density at radius 2 is 1.97 bits per heavy atom. The molecule has 0 saturated heterocycles. The highest BCUT2D eigenvalue weighted by Crippen LogP contribution is 2.24. The summed E-state index contributed by atoms with van der Waals surface area (Å²) in [5.41, 5.74) is -0.272. The van der Waals surface area contributed by atoms with Gasteiger partial charge in [-0.15, -0.1) is 0 Å². The number of allylic oxidation sites excluding steroid dienone is 1. The number of halogens is 4. The number of carbonyl (C=O) groups excluding carboxylic acids is 2. The minimum atomic E-state index is -4.42. The highest BCUT2D eigenvalue weighted by molar-refractivity contribution is 5.90. The molecule has 2 aromatic heterocycles. The molecule has 0 saturated carbocycles. The van der Waals surface area contributed by atoms with Crippen LogP contribution in [0, 0.1) is 5.82 Å². The second kappa shape index (κ2) is 11.8. The Labute approximate surface area is 209 Å². The van der Waals surface area contributed by atoms with Crippen molar-refractivity contribution in [1.29, 1.82) is 0 Å². The number of unbranched alkanes of at least 4 members (excludes halogenated alkanes) is 1. The number of imidazole rings is 1. The van der Waals surface area contributed by atoms with Gasteiger partial charge in [0, 0.05) is 33.1 Å². The van der Waals surface area contributed by atoms with Gasteiger partial charge in [0.1, 0.15) is 17.3 Å². The van der Waals surface area contributed by atoms with E-state index in [1.165, 1.54) is 34.1 Å². The SMILES string of the molecule is CN(C)C(=O)/C=C/CCCC(=O)Nc1cncn(Cc2nc3cc(F)ccc3n2CCC(F)(F)F)c1=O. The average molecular weight is 523 g/mol. The Bertz CT molecular complexity index is 1360. The van der Waals surface area contributed by atoms with E-state index in [9.17, 15) is 31.9 Å². The summed E-state index contributed by atoms with van der Waals surface area (Å²) < 4.78 is 54.7. The molecule has 0 aliphatic rings. The Morgan fingerprint density at radius 1 is 1.22 bits per heavy atom. The third-order valence-corrected chi connectivity index (χ3v) is 5.37. The Hall–Kier alpha value is -4.03. The zero-order valence-electron chi connectivity index (χ0n) is 20.3.